The van der Waals surface area contributed by atoms with Crippen molar-refractivity contribution in [2.75, 3.05) is 26.7 Å². The van der Waals surface area contributed by atoms with Crippen molar-refractivity contribution in [3.05, 3.63) is 65.7 Å². The van der Waals surface area contributed by atoms with Crippen molar-refractivity contribution in [3.63, 3.8) is 0 Å². The first-order valence-electron chi connectivity index (χ1n) is 8.36. The van der Waals surface area contributed by atoms with E-state index in [1.807, 2.05) is 0 Å². The third-order valence-electron chi connectivity index (χ3n) is 3.78. The number of rotatable bonds is 8. The summed E-state index contributed by atoms with van der Waals surface area (Å²) in [5.41, 5.74) is 0.548. The molecule has 2 aromatic rings. The van der Waals surface area contributed by atoms with Crippen molar-refractivity contribution < 1.29 is 31.1 Å². The van der Waals surface area contributed by atoms with Gasteiger partial charge < -0.3 is 4.74 Å². The number of carbonyl (C=O) groups is 1. The van der Waals surface area contributed by atoms with Gasteiger partial charge in [-0.25, -0.2) is 13.2 Å². The first-order chi connectivity index (χ1) is 13.1. The van der Waals surface area contributed by atoms with Crippen LogP contribution in [0.25, 0.3) is 0 Å². The Morgan fingerprint density at radius 1 is 1.07 bits per heavy atom. The van der Waals surface area contributed by atoms with Crippen LogP contribution in [0.1, 0.15) is 15.9 Å². The molecule has 0 aromatic heterocycles. The monoisotopic (exact) mass is 415 g/mol. The third-order valence-corrected chi connectivity index (χ3v) is 5.48. The number of halogens is 3. The maximum Gasteiger partial charge on any atom is 0.401 e. The molecular weight excluding hydrogens is 395 g/mol. The highest BCUT2D eigenvalue weighted by Crippen LogP contribution is 2.18. The fraction of sp³-hybridized carbons (Fsp3) is 0.316. The van der Waals surface area contributed by atoms with Gasteiger partial charge in [0.2, 0.25) is 0 Å². The highest BCUT2D eigenvalue weighted by Gasteiger charge is 2.29. The number of esters is 1. The van der Waals surface area contributed by atoms with Crippen LogP contribution < -0.4 is 0 Å². The summed E-state index contributed by atoms with van der Waals surface area (Å²) < 4.78 is 66.6. The zero-order valence-electron chi connectivity index (χ0n) is 15.1. The fourth-order valence-corrected chi connectivity index (χ4v) is 3.84. The number of nitrogens with zero attached hydrogens (tertiary/aromatic N) is 1. The topological polar surface area (TPSA) is 63.7 Å². The van der Waals surface area contributed by atoms with E-state index < -0.39 is 28.5 Å². The molecule has 0 radical (unpaired) electrons. The quantitative estimate of drug-likeness (QED) is 0.619. The van der Waals surface area contributed by atoms with Crippen molar-refractivity contribution in [2.24, 2.45) is 0 Å². The van der Waals surface area contributed by atoms with Crippen molar-refractivity contribution >= 4 is 15.8 Å². The van der Waals surface area contributed by atoms with E-state index in [1.165, 1.54) is 37.4 Å². The molecule has 0 atom stereocenters. The summed E-state index contributed by atoms with van der Waals surface area (Å²) in [7, 11) is -2.29. The summed E-state index contributed by atoms with van der Waals surface area (Å²) in [5, 5.41) is 0. The van der Waals surface area contributed by atoms with E-state index in [9.17, 15) is 26.4 Å². The summed E-state index contributed by atoms with van der Waals surface area (Å²) in [6.07, 6.45) is -4.32. The molecule has 5 nitrogen and oxygen atoms in total. The molecular formula is C19H20F3NO4S. The highest BCUT2D eigenvalue weighted by atomic mass is 32.2. The minimum Gasteiger partial charge on any atom is -0.461 e. The minimum atomic E-state index is -4.32. The molecule has 28 heavy (non-hydrogen) atoms. The summed E-state index contributed by atoms with van der Waals surface area (Å²) >= 11 is 0. The molecule has 152 valence electrons. The normalized spacial score (nSPS) is 12.2. The summed E-state index contributed by atoms with van der Waals surface area (Å²) in [6.45, 7) is -1.39. The van der Waals surface area contributed by atoms with Gasteiger partial charge in [-0.05, 0) is 36.9 Å². The molecule has 0 N–H and O–H groups in total. The molecule has 2 rings (SSSR count). The molecule has 2 aromatic carbocycles. The number of benzene rings is 2. The van der Waals surface area contributed by atoms with Gasteiger partial charge in [0.15, 0.2) is 9.84 Å². The van der Waals surface area contributed by atoms with Gasteiger partial charge in [0.25, 0.3) is 0 Å². The lowest BCUT2D eigenvalue weighted by molar-refractivity contribution is -0.143. The number of alkyl halides is 3. The van der Waals surface area contributed by atoms with E-state index >= 15 is 0 Å². The number of carbonyl (C=O) groups excluding carboxylic acids is 1. The maximum absolute atomic E-state index is 12.4. The molecule has 0 amide bonds. The first kappa shape index (κ1) is 21.9. The Labute approximate surface area is 161 Å². The van der Waals surface area contributed by atoms with Gasteiger partial charge in [0, 0.05) is 6.54 Å². The first-order valence-corrected chi connectivity index (χ1v) is 10.0. The number of likely N-dealkylation sites (N-methyl/N-ethyl adjacent to an activating group) is 1. The predicted octanol–water partition coefficient (Wildman–Crippen LogP) is 3.31. The summed E-state index contributed by atoms with van der Waals surface area (Å²) in [4.78, 5) is 13.3. The average molecular weight is 415 g/mol. The Kier molecular flexibility index (Phi) is 7.20. The fourth-order valence-electron chi connectivity index (χ4n) is 2.48. The minimum absolute atomic E-state index is 0.0761. The smallest absolute Gasteiger partial charge is 0.401 e. The summed E-state index contributed by atoms with van der Waals surface area (Å²) in [6, 6.07) is 13.9. The van der Waals surface area contributed by atoms with Crippen LogP contribution in [0.2, 0.25) is 0 Å². The van der Waals surface area contributed by atoms with E-state index in [-0.39, 0.29) is 29.4 Å². The third kappa shape index (κ3) is 6.97. The van der Waals surface area contributed by atoms with Crippen LogP contribution in [-0.2, 0) is 20.3 Å². The van der Waals surface area contributed by atoms with E-state index in [1.54, 1.807) is 24.3 Å². The van der Waals surface area contributed by atoms with Crippen LogP contribution in [0, 0.1) is 0 Å². The van der Waals surface area contributed by atoms with E-state index in [0.29, 0.717) is 5.56 Å². The van der Waals surface area contributed by atoms with Crippen LogP contribution in [-0.4, -0.2) is 52.2 Å². The van der Waals surface area contributed by atoms with Crippen LogP contribution in [0.3, 0.4) is 0 Å². The van der Waals surface area contributed by atoms with Crippen LogP contribution in [0.5, 0.6) is 0 Å². The molecule has 0 saturated heterocycles. The summed E-state index contributed by atoms with van der Waals surface area (Å²) in [5.74, 6) is -1.01. The number of hydrogen-bond donors (Lipinski definition) is 0. The highest BCUT2D eigenvalue weighted by molar-refractivity contribution is 7.90. The molecule has 0 fully saturated rings. The Morgan fingerprint density at radius 3 is 2.39 bits per heavy atom. The predicted molar refractivity (Wildman–Crippen MR) is 97.6 cm³/mol. The van der Waals surface area contributed by atoms with Gasteiger partial charge in [-0.2, -0.15) is 13.2 Å². The van der Waals surface area contributed by atoms with Gasteiger partial charge in [0.05, 0.1) is 22.8 Å². The van der Waals surface area contributed by atoms with Gasteiger partial charge in [-0.3, -0.25) is 4.90 Å². The molecule has 0 saturated carbocycles. The van der Waals surface area contributed by atoms with Gasteiger partial charge >= 0.3 is 12.1 Å². The lowest BCUT2D eigenvalue weighted by Gasteiger charge is -2.18. The van der Waals surface area contributed by atoms with Gasteiger partial charge in [-0.15, -0.1) is 0 Å². The van der Waals surface area contributed by atoms with Crippen molar-refractivity contribution in [2.45, 2.75) is 16.8 Å². The second-order valence-corrected chi connectivity index (χ2v) is 8.25. The van der Waals surface area contributed by atoms with E-state index in [0.717, 1.165) is 4.90 Å². The second kappa shape index (κ2) is 9.20. The molecule has 9 heteroatoms. The lowest BCUT2D eigenvalue weighted by atomic mass is 10.1. The number of hydrogen-bond acceptors (Lipinski definition) is 5. The molecule has 0 aliphatic carbocycles. The Morgan fingerprint density at radius 2 is 1.75 bits per heavy atom. The van der Waals surface area contributed by atoms with Crippen molar-refractivity contribution in [1.82, 2.24) is 4.90 Å². The Hall–Kier alpha value is -2.39. The van der Waals surface area contributed by atoms with Crippen molar-refractivity contribution in [1.29, 1.82) is 0 Å². The molecule has 0 bridgehead atoms. The average Bonchev–Trinajstić information content (AvgIpc) is 2.60. The standard InChI is InChI=1S/C19H20F3NO4S/c1-23(14-19(20,21)22)10-11-27-18(24)16-7-5-6-15(12-16)13-28(25,26)17-8-3-2-4-9-17/h2-9,12H,10-11,13-14H2,1H3. The molecule has 0 heterocycles. The molecule has 0 aliphatic heterocycles. The van der Waals surface area contributed by atoms with Crippen LogP contribution >= 0.6 is 0 Å². The molecule has 0 aliphatic rings. The van der Waals surface area contributed by atoms with E-state index in [4.69, 9.17) is 4.74 Å². The van der Waals surface area contributed by atoms with Crippen LogP contribution in [0.4, 0.5) is 13.2 Å². The zero-order chi connectivity index (χ0) is 20.8. The second-order valence-electron chi connectivity index (χ2n) is 6.26. The molecule has 0 spiro atoms. The lowest BCUT2D eigenvalue weighted by Crippen LogP contribution is -2.33. The number of ether oxygens (including phenoxy) is 1. The zero-order valence-corrected chi connectivity index (χ0v) is 16.0. The van der Waals surface area contributed by atoms with Gasteiger partial charge in [0.1, 0.15) is 6.61 Å². The van der Waals surface area contributed by atoms with Crippen LogP contribution in [0.15, 0.2) is 59.5 Å². The van der Waals surface area contributed by atoms with Crippen molar-refractivity contribution in [3.8, 4) is 0 Å². The Bertz CT molecular complexity index is 899. The molecule has 0 unspecified atom stereocenters. The largest absolute Gasteiger partial charge is 0.461 e. The SMILES string of the molecule is CN(CCOC(=O)c1cccc(CS(=O)(=O)c2ccccc2)c1)CC(F)(F)F. The van der Waals surface area contributed by atoms with E-state index in [2.05, 4.69) is 0 Å². The Balaban J connectivity index is 1.96. The maximum atomic E-state index is 12.4. The number of sulfone groups is 1. The van der Waals surface area contributed by atoms with Gasteiger partial charge in [-0.1, -0.05) is 30.3 Å².